The Kier molecular flexibility index (Phi) is 7.18. The lowest BCUT2D eigenvalue weighted by atomic mass is 10.1. The number of aliphatic carboxylic acids is 1. The third-order valence-corrected chi connectivity index (χ3v) is 3.81. The van der Waals surface area contributed by atoms with E-state index in [1.165, 1.54) is 0 Å². The van der Waals surface area contributed by atoms with Gasteiger partial charge >= 0.3 is 12.1 Å². The second-order valence-electron chi connectivity index (χ2n) is 7.03. The number of aliphatic hydroxyl groups is 1. The monoisotopic (exact) mass is 439 g/mol. The SMILES string of the molecule is CC(C)(CO)NC(=O)c1cc(Nc2ccc3[nH]ncc3c2)ccn1.O=C(O)C(F)(F)F. The summed E-state index contributed by atoms with van der Waals surface area (Å²) < 4.78 is 31.7. The smallest absolute Gasteiger partial charge is 0.475 e. The number of aromatic amines is 1. The van der Waals surface area contributed by atoms with Crippen molar-refractivity contribution < 1.29 is 33.0 Å². The van der Waals surface area contributed by atoms with Crippen LogP contribution in [-0.4, -0.2) is 55.6 Å². The maximum Gasteiger partial charge on any atom is 0.490 e. The van der Waals surface area contributed by atoms with E-state index in [1.807, 2.05) is 18.2 Å². The number of aromatic nitrogens is 3. The number of aliphatic hydroxyl groups excluding tert-OH is 1. The molecular formula is C19H20F3N5O4. The number of pyridine rings is 1. The number of benzene rings is 1. The number of fused-ring (bicyclic) bond motifs is 1. The van der Waals surface area contributed by atoms with Crippen LogP contribution >= 0.6 is 0 Å². The molecule has 0 saturated carbocycles. The number of amides is 1. The zero-order valence-corrected chi connectivity index (χ0v) is 16.5. The van der Waals surface area contributed by atoms with Gasteiger partial charge in [0.2, 0.25) is 0 Å². The van der Waals surface area contributed by atoms with E-state index in [2.05, 4.69) is 25.8 Å². The summed E-state index contributed by atoms with van der Waals surface area (Å²) >= 11 is 0. The fourth-order valence-corrected chi connectivity index (χ4v) is 2.23. The van der Waals surface area contributed by atoms with E-state index in [9.17, 15) is 23.1 Å². The Morgan fingerprint density at radius 3 is 2.39 bits per heavy atom. The molecule has 12 heteroatoms. The predicted octanol–water partition coefficient (Wildman–Crippen LogP) is 2.84. The van der Waals surface area contributed by atoms with Crippen LogP contribution in [0.25, 0.3) is 10.9 Å². The molecule has 0 aliphatic rings. The molecule has 0 unspecified atom stereocenters. The lowest BCUT2D eigenvalue weighted by molar-refractivity contribution is -0.192. The van der Waals surface area contributed by atoms with Gasteiger partial charge in [0.05, 0.1) is 23.9 Å². The van der Waals surface area contributed by atoms with Gasteiger partial charge in [0, 0.05) is 23.0 Å². The highest BCUT2D eigenvalue weighted by molar-refractivity contribution is 5.94. The van der Waals surface area contributed by atoms with Crippen LogP contribution < -0.4 is 10.6 Å². The molecule has 0 spiro atoms. The average molecular weight is 439 g/mol. The first kappa shape index (κ1) is 23.6. The van der Waals surface area contributed by atoms with Crippen molar-refractivity contribution in [2.75, 3.05) is 11.9 Å². The number of nitrogens with one attached hydrogen (secondary N) is 3. The van der Waals surface area contributed by atoms with Crippen LogP contribution in [0.3, 0.4) is 0 Å². The van der Waals surface area contributed by atoms with Crippen LogP contribution in [0.15, 0.2) is 42.7 Å². The highest BCUT2D eigenvalue weighted by Crippen LogP contribution is 2.21. The zero-order chi connectivity index (χ0) is 23.2. The summed E-state index contributed by atoms with van der Waals surface area (Å²) in [6, 6.07) is 9.28. The first-order valence-electron chi connectivity index (χ1n) is 8.81. The average Bonchev–Trinajstić information content (AvgIpc) is 3.15. The van der Waals surface area contributed by atoms with Gasteiger partial charge in [-0.05, 0) is 44.2 Å². The minimum atomic E-state index is -5.08. The van der Waals surface area contributed by atoms with E-state index < -0.39 is 17.7 Å². The minimum absolute atomic E-state index is 0.151. The van der Waals surface area contributed by atoms with Crippen molar-refractivity contribution in [3.8, 4) is 0 Å². The van der Waals surface area contributed by atoms with Crippen molar-refractivity contribution in [3.05, 3.63) is 48.4 Å². The van der Waals surface area contributed by atoms with Crippen molar-refractivity contribution in [2.24, 2.45) is 0 Å². The molecule has 9 nitrogen and oxygen atoms in total. The van der Waals surface area contributed by atoms with Crippen molar-refractivity contribution in [2.45, 2.75) is 25.6 Å². The number of H-pyrrole nitrogens is 1. The van der Waals surface area contributed by atoms with Crippen molar-refractivity contribution >= 4 is 34.2 Å². The first-order chi connectivity index (χ1) is 14.4. The molecule has 3 rings (SSSR count). The molecule has 0 aliphatic carbocycles. The molecule has 5 N–H and O–H groups in total. The first-order valence-corrected chi connectivity index (χ1v) is 8.81. The number of carbonyl (C=O) groups is 2. The second-order valence-corrected chi connectivity index (χ2v) is 7.03. The Balaban J connectivity index is 0.000000423. The van der Waals surface area contributed by atoms with E-state index in [-0.39, 0.29) is 18.2 Å². The third-order valence-electron chi connectivity index (χ3n) is 3.81. The molecule has 3 aromatic rings. The van der Waals surface area contributed by atoms with E-state index >= 15 is 0 Å². The molecule has 2 aromatic heterocycles. The number of hydrogen-bond acceptors (Lipinski definition) is 6. The fourth-order valence-electron chi connectivity index (χ4n) is 2.23. The Labute approximate surface area is 174 Å². The van der Waals surface area contributed by atoms with Crippen LogP contribution in [-0.2, 0) is 4.79 Å². The van der Waals surface area contributed by atoms with Crippen LogP contribution in [0.4, 0.5) is 24.5 Å². The number of carboxylic acid groups (broad SMARTS) is 1. The highest BCUT2D eigenvalue weighted by Gasteiger charge is 2.38. The van der Waals surface area contributed by atoms with Gasteiger partial charge in [0.15, 0.2) is 0 Å². The lowest BCUT2D eigenvalue weighted by Gasteiger charge is -2.23. The summed E-state index contributed by atoms with van der Waals surface area (Å²) in [5.74, 6) is -3.09. The number of carbonyl (C=O) groups excluding carboxylic acids is 1. The summed E-state index contributed by atoms with van der Waals surface area (Å²) in [5.41, 5.74) is 2.18. The molecule has 31 heavy (non-hydrogen) atoms. The van der Waals surface area contributed by atoms with Gasteiger partial charge in [-0.2, -0.15) is 18.3 Å². The maximum absolute atomic E-state index is 12.2. The molecule has 0 radical (unpaired) electrons. The Bertz CT molecular complexity index is 1070. The molecule has 0 fully saturated rings. The van der Waals surface area contributed by atoms with E-state index in [0.29, 0.717) is 0 Å². The Morgan fingerprint density at radius 2 is 1.77 bits per heavy atom. The number of rotatable bonds is 5. The van der Waals surface area contributed by atoms with E-state index in [0.717, 1.165) is 22.3 Å². The van der Waals surface area contributed by atoms with Crippen LogP contribution in [0.1, 0.15) is 24.3 Å². The van der Waals surface area contributed by atoms with Crippen molar-refractivity contribution in [3.63, 3.8) is 0 Å². The quantitative estimate of drug-likeness (QED) is 0.412. The summed E-state index contributed by atoms with van der Waals surface area (Å²) in [6.07, 6.45) is -1.76. The van der Waals surface area contributed by atoms with Gasteiger partial charge < -0.3 is 20.8 Å². The number of nitrogens with zero attached hydrogens (tertiary/aromatic N) is 2. The standard InChI is InChI=1S/C17H19N5O2.C2HF3O2/c1-17(2,10-23)21-16(24)15-8-13(5-6-18-15)20-12-3-4-14-11(7-12)9-19-22-14;3-2(4,5)1(6)7/h3-9,23H,10H2,1-2H3,(H,18,20)(H,19,22)(H,21,24);(H,6,7). The number of carboxylic acids is 1. The molecule has 2 heterocycles. The summed E-state index contributed by atoms with van der Waals surface area (Å²) in [7, 11) is 0. The zero-order valence-electron chi connectivity index (χ0n) is 16.5. The largest absolute Gasteiger partial charge is 0.490 e. The van der Waals surface area contributed by atoms with Gasteiger partial charge in [-0.3, -0.25) is 14.9 Å². The third kappa shape index (κ3) is 6.96. The minimum Gasteiger partial charge on any atom is -0.475 e. The second kappa shape index (κ2) is 9.43. The van der Waals surface area contributed by atoms with Gasteiger partial charge in [-0.1, -0.05) is 0 Å². The van der Waals surface area contributed by atoms with E-state index in [4.69, 9.17) is 9.90 Å². The van der Waals surface area contributed by atoms with Crippen LogP contribution in [0, 0.1) is 0 Å². The topological polar surface area (TPSA) is 140 Å². The van der Waals surface area contributed by atoms with Crippen LogP contribution in [0.2, 0.25) is 0 Å². The highest BCUT2D eigenvalue weighted by atomic mass is 19.4. The van der Waals surface area contributed by atoms with E-state index in [1.54, 1.807) is 38.4 Å². The van der Waals surface area contributed by atoms with Gasteiger partial charge in [-0.25, -0.2) is 4.79 Å². The molecule has 0 bridgehead atoms. The Morgan fingerprint density at radius 1 is 1.13 bits per heavy atom. The molecular weight excluding hydrogens is 419 g/mol. The number of alkyl halides is 3. The molecule has 0 atom stereocenters. The number of halogens is 3. The van der Waals surface area contributed by atoms with Crippen molar-refractivity contribution in [1.82, 2.24) is 20.5 Å². The van der Waals surface area contributed by atoms with Gasteiger partial charge in [0.1, 0.15) is 5.69 Å². The van der Waals surface area contributed by atoms with Gasteiger partial charge in [0.25, 0.3) is 5.91 Å². The lowest BCUT2D eigenvalue weighted by Crippen LogP contribution is -2.46. The molecule has 1 aromatic carbocycles. The van der Waals surface area contributed by atoms with Crippen LogP contribution in [0.5, 0.6) is 0 Å². The Hall–Kier alpha value is -3.67. The molecule has 1 amide bonds. The fraction of sp³-hybridized carbons (Fsp3) is 0.263. The maximum atomic E-state index is 12.2. The molecule has 0 aliphatic heterocycles. The molecule has 166 valence electrons. The van der Waals surface area contributed by atoms with Gasteiger partial charge in [-0.15, -0.1) is 0 Å². The van der Waals surface area contributed by atoms with Crippen molar-refractivity contribution in [1.29, 1.82) is 0 Å². The summed E-state index contributed by atoms with van der Waals surface area (Å²) in [4.78, 5) is 25.2. The summed E-state index contributed by atoms with van der Waals surface area (Å²) in [5, 5.41) is 30.3. The molecule has 0 saturated heterocycles. The normalized spacial score (nSPS) is 11.4. The number of hydrogen-bond donors (Lipinski definition) is 5. The number of anilines is 2. The summed E-state index contributed by atoms with van der Waals surface area (Å²) in [6.45, 7) is 3.33. The predicted molar refractivity (Wildman–Crippen MR) is 106 cm³/mol.